The normalized spacial score (nSPS) is 10.1. The molecule has 0 atom stereocenters. The largest absolute Gasteiger partial charge is 0.507 e. The molecule has 0 saturated heterocycles. The predicted molar refractivity (Wildman–Crippen MR) is 72.3 cm³/mol. The molecule has 0 unspecified atom stereocenters. The van der Waals surface area contributed by atoms with Crippen LogP contribution >= 0.6 is 11.6 Å². The van der Waals surface area contributed by atoms with E-state index in [2.05, 4.69) is 10.3 Å². The first-order valence-corrected chi connectivity index (χ1v) is 5.83. The van der Waals surface area contributed by atoms with Gasteiger partial charge in [-0.3, -0.25) is 9.78 Å². The molecule has 20 heavy (non-hydrogen) atoms. The number of aromatic nitrogens is 1. The molecule has 1 aromatic heterocycles. The lowest BCUT2D eigenvalue weighted by atomic mass is 10.2. The van der Waals surface area contributed by atoms with Crippen LogP contribution in [0.5, 0.6) is 5.75 Å². The van der Waals surface area contributed by atoms with Crippen LogP contribution < -0.4 is 5.32 Å². The number of hydrogen-bond acceptors (Lipinski definition) is 4. The number of nitrogens with one attached hydrogen (secondary N) is 1. The van der Waals surface area contributed by atoms with Crippen LogP contribution in [0.4, 0.5) is 5.69 Å². The van der Waals surface area contributed by atoms with Crippen molar-refractivity contribution in [2.75, 3.05) is 5.32 Å². The quantitative estimate of drug-likeness (QED) is 0.806. The number of amides is 1. The van der Waals surface area contributed by atoms with Gasteiger partial charge in [-0.05, 0) is 24.3 Å². The maximum atomic E-state index is 12.0. The summed E-state index contributed by atoms with van der Waals surface area (Å²) in [6.45, 7) is 0. The van der Waals surface area contributed by atoms with Crippen LogP contribution in [0, 0.1) is 0 Å². The third-order valence-electron chi connectivity index (χ3n) is 2.45. The van der Waals surface area contributed by atoms with Crippen molar-refractivity contribution in [3.63, 3.8) is 0 Å². The van der Waals surface area contributed by atoms with Gasteiger partial charge in [0.25, 0.3) is 5.91 Å². The molecule has 1 amide bonds. The molecule has 1 aromatic carbocycles. The Kier molecular flexibility index (Phi) is 3.86. The zero-order valence-electron chi connectivity index (χ0n) is 10.0. The Labute approximate surface area is 118 Å². The number of carboxylic acid groups (broad SMARTS) is 1. The van der Waals surface area contributed by atoms with Gasteiger partial charge in [0, 0.05) is 11.2 Å². The van der Waals surface area contributed by atoms with Crippen molar-refractivity contribution >= 4 is 29.2 Å². The Hall–Kier alpha value is -2.60. The monoisotopic (exact) mass is 292 g/mol. The van der Waals surface area contributed by atoms with Gasteiger partial charge in [-0.15, -0.1) is 0 Å². The van der Waals surface area contributed by atoms with E-state index in [1.807, 2.05) is 0 Å². The van der Waals surface area contributed by atoms with Gasteiger partial charge in [0.1, 0.15) is 5.75 Å². The van der Waals surface area contributed by atoms with Crippen LogP contribution in [-0.2, 0) is 0 Å². The van der Waals surface area contributed by atoms with Gasteiger partial charge in [-0.1, -0.05) is 11.6 Å². The van der Waals surface area contributed by atoms with Crippen molar-refractivity contribution in [3.8, 4) is 5.75 Å². The Balaban J connectivity index is 2.25. The minimum Gasteiger partial charge on any atom is -0.507 e. The minimum absolute atomic E-state index is 0.0155. The first-order chi connectivity index (χ1) is 9.47. The Morgan fingerprint density at radius 3 is 2.65 bits per heavy atom. The number of phenols is 1. The number of anilines is 1. The second kappa shape index (κ2) is 5.58. The first kappa shape index (κ1) is 13.8. The van der Waals surface area contributed by atoms with Gasteiger partial charge in [-0.25, -0.2) is 4.79 Å². The second-order valence-corrected chi connectivity index (χ2v) is 4.32. The number of aromatic hydroxyl groups is 1. The standard InChI is InChI=1S/C13H9ClN2O4/c14-8-1-2-11(17)10(4-8)12(18)16-9-3-7(13(19)20)5-15-6-9/h1-6,17H,(H,16,18)(H,19,20). The summed E-state index contributed by atoms with van der Waals surface area (Å²) in [5.74, 6) is -2.00. The van der Waals surface area contributed by atoms with Gasteiger partial charge < -0.3 is 15.5 Å². The van der Waals surface area contributed by atoms with Crippen LogP contribution in [0.15, 0.2) is 36.7 Å². The number of carboxylic acids is 1. The predicted octanol–water partition coefficient (Wildman–Crippen LogP) is 2.39. The third-order valence-corrected chi connectivity index (χ3v) is 2.68. The topological polar surface area (TPSA) is 99.5 Å². The Morgan fingerprint density at radius 1 is 1.20 bits per heavy atom. The maximum absolute atomic E-state index is 12.0. The number of phenolic OH excluding ortho intramolecular Hbond substituents is 1. The van der Waals surface area contributed by atoms with E-state index >= 15 is 0 Å². The smallest absolute Gasteiger partial charge is 0.337 e. The lowest BCUT2D eigenvalue weighted by Crippen LogP contribution is -2.13. The maximum Gasteiger partial charge on any atom is 0.337 e. The summed E-state index contributed by atoms with van der Waals surface area (Å²) in [6, 6.07) is 5.30. The molecule has 0 aliphatic heterocycles. The number of carbonyl (C=O) groups is 2. The number of hydrogen-bond donors (Lipinski definition) is 3. The second-order valence-electron chi connectivity index (χ2n) is 3.88. The highest BCUT2D eigenvalue weighted by Gasteiger charge is 2.13. The molecule has 0 aliphatic carbocycles. The number of nitrogens with zero attached hydrogens (tertiary/aromatic N) is 1. The molecular weight excluding hydrogens is 284 g/mol. The van der Waals surface area contributed by atoms with Crippen molar-refractivity contribution in [1.82, 2.24) is 4.98 Å². The van der Waals surface area contributed by atoms with E-state index < -0.39 is 11.9 Å². The summed E-state index contributed by atoms with van der Waals surface area (Å²) >= 11 is 5.75. The molecule has 3 N–H and O–H groups in total. The molecule has 6 nitrogen and oxygen atoms in total. The molecule has 0 radical (unpaired) electrons. The summed E-state index contributed by atoms with van der Waals surface area (Å²) in [5, 5.41) is 21.2. The third kappa shape index (κ3) is 3.04. The molecule has 0 fully saturated rings. The zero-order chi connectivity index (χ0) is 14.7. The molecular formula is C13H9ClN2O4. The van der Waals surface area contributed by atoms with E-state index in [0.717, 1.165) is 6.20 Å². The number of halogens is 1. The van der Waals surface area contributed by atoms with Gasteiger partial charge in [0.2, 0.25) is 0 Å². The van der Waals surface area contributed by atoms with Crippen LogP contribution in [0.3, 0.4) is 0 Å². The fourth-order valence-corrected chi connectivity index (χ4v) is 1.69. The van der Waals surface area contributed by atoms with Crippen LogP contribution in [0.25, 0.3) is 0 Å². The molecule has 102 valence electrons. The van der Waals surface area contributed by atoms with Crippen molar-refractivity contribution in [2.24, 2.45) is 0 Å². The van der Waals surface area contributed by atoms with E-state index in [1.165, 1.54) is 30.5 Å². The molecule has 0 spiro atoms. The number of aromatic carboxylic acids is 1. The lowest BCUT2D eigenvalue weighted by molar-refractivity contribution is 0.0696. The molecule has 2 rings (SSSR count). The summed E-state index contributed by atoms with van der Waals surface area (Å²) in [5.41, 5.74) is 0.130. The summed E-state index contributed by atoms with van der Waals surface area (Å²) in [6.07, 6.45) is 2.46. The first-order valence-electron chi connectivity index (χ1n) is 5.45. The molecule has 2 aromatic rings. The zero-order valence-corrected chi connectivity index (χ0v) is 10.8. The molecule has 7 heteroatoms. The Bertz CT molecular complexity index is 688. The fraction of sp³-hybridized carbons (Fsp3) is 0. The lowest BCUT2D eigenvalue weighted by Gasteiger charge is -2.07. The summed E-state index contributed by atoms with van der Waals surface area (Å²) < 4.78 is 0. The average molecular weight is 293 g/mol. The van der Waals surface area contributed by atoms with Gasteiger partial charge in [-0.2, -0.15) is 0 Å². The Morgan fingerprint density at radius 2 is 1.95 bits per heavy atom. The highest BCUT2D eigenvalue weighted by molar-refractivity contribution is 6.31. The highest BCUT2D eigenvalue weighted by atomic mass is 35.5. The number of rotatable bonds is 3. The van der Waals surface area contributed by atoms with Crippen LogP contribution in [0.1, 0.15) is 20.7 Å². The number of carbonyl (C=O) groups excluding carboxylic acids is 1. The van der Waals surface area contributed by atoms with E-state index in [4.69, 9.17) is 16.7 Å². The van der Waals surface area contributed by atoms with E-state index in [1.54, 1.807) is 0 Å². The van der Waals surface area contributed by atoms with Crippen LogP contribution in [0.2, 0.25) is 5.02 Å². The number of benzene rings is 1. The van der Waals surface area contributed by atoms with Crippen molar-refractivity contribution in [2.45, 2.75) is 0 Å². The van der Waals surface area contributed by atoms with Crippen molar-refractivity contribution in [3.05, 3.63) is 52.8 Å². The average Bonchev–Trinajstić information content (AvgIpc) is 2.41. The van der Waals surface area contributed by atoms with Gasteiger partial charge >= 0.3 is 5.97 Å². The molecule has 1 heterocycles. The summed E-state index contributed by atoms with van der Waals surface area (Å²) in [4.78, 5) is 26.5. The van der Waals surface area contributed by atoms with Crippen molar-refractivity contribution < 1.29 is 19.8 Å². The van der Waals surface area contributed by atoms with Gasteiger partial charge in [0.05, 0.1) is 23.0 Å². The minimum atomic E-state index is -1.15. The summed E-state index contributed by atoms with van der Waals surface area (Å²) in [7, 11) is 0. The highest BCUT2D eigenvalue weighted by Crippen LogP contribution is 2.22. The van der Waals surface area contributed by atoms with Crippen LogP contribution in [-0.4, -0.2) is 27.1 Å². The van der Waals surface area contributed by atoms with Gasteiger partial charge in [0.15, 0.2) is 0 Å². The molecule has 0 aliphatic rings. The molecule has 0 bridgehead atoms. The SMILES string of the molecule is O=C(O)c1cncc(NC(=O)c2cc(Cl)ccc2O)c1. The number of pyridine rings is 1. The van der Waals surface area contributed by atoms with E-state index in [0.29, 0.717) is 5.02 Å². The van der Waals surface area contributed by atoms with E-state index in [-0.39, 0.29) is 22.6 Å². The van der Waals surface area contributed by atoms with Crippen molar-refractivity contribution in [1.29, 1.82) is 0 Å². The molecule has 0 saturated carbocycles. The van der Waals surface area contributed by atoms with E-state index in [9.17, 15) is 14.7 Å². The fourth-order valence-electron chi connectivity index (χ4n) is 1.51.